The number of hydrogen-bond donors (Lipinski definition) is 2. The van der Waals surface area contributed by atoms with Gasteiger partial charge >= 0.3 is 6.03 Å². The molecule has 0 radical (unpaired) electrons. The number of aryl methyl sites for hydroxylation is 1. The Hall–Kier alpha value is -2.08. The average molecular weight is 319 g/mol. The topological polar surface area (TPSA) is 63.2 Å². The quantitative estimate of drug-likeness (QED) is 0.824. The molecule has 0 spiro atoms. The van der Waals surface area contributed by atoms with Crippen LogP contribution in [0, 0.1) is 0 Å². The number of thiazole rings is 1. The Balaban J connectivity index is 1.66. The van der Waals surface area contributed by atoms with E-state index in [0.29, 0.717) is 13.1 Å². The van der Waals surface area contributed by atoms with Crippen LogP contribution in [0.2, 0.25) is 0 Å². The van der Waals surface area contributed by atoms with E-state index in [9.17, 15) is 4.79 Å². The minimum Gasteiger partial charge on any atom is -0.489 e. The fourth-order valence-electron chi connectivity index (χ4n) is 1.82. The molecule has 2 rings (SSSR count). The predicted octanol–water partition coefficient (Wildman–Crippen LogP) is 2.97. The maximum absolute atomic E-state index is 11.7. The van der Waals surface area contributed by atoms with Crippen LogP contribution in [0.3, 0.4) is 0 Å². The van der Waals surface area contributed by atoms with Crippen molar-refractivity contribution in [1.82, 2.24) is 15.6 Å². The summed E-state index contributed by atoms with van der Waals surface area (Å²) < 4.78 is 5.69. The van der Waals surface area contributed by atoms with Crippen LogP contribution in [0.1, 0.15) is 23.7 Å². The van der Waals surface area contributed by atoms with E-state index in [4.69, 9.17) is 4.74 Å². The van der Waals surface area contributed by atoms with Gasteiger partial charge in [0.15, 0.2) is 0 Å². The van der Waals surface area contributed by atoms with Crippen LogP contribution >= 0.6 is 11.3 Å². The molecule has 0 aliphatic carbocycles. The number of aromatic nitrogens is 1. The first kappa shape index (κ1) is 16.3. The fraction of sp³-hybridized carbons (Fsp3) is 0.375. The Morgan fingerprint density at radius 2 is 2.09 bits per heavy atom. The van der Waals surface area contributed by atoms with Gasteiger partial charge in [0.2, 0.25) is 0 Å². The van der Waals surface area contributed by atoms with Gasteiger partial charge in [-0.05, 0) is 25.5 Å². The summed E-state index contributed by atoms with van der Waals surface area (Å²) in [6.07, 6.45) is 2.73. The van der Waals surface area contributed by atoms with Gasteiger partial charge in [-0.1, -0.05) is 25.1 Å². The van der Waals surface area contributed by atoms with Crippen LogP contribution in [0.25, 0.3) is 0 Å². The van der Waals surface area contributed by atoms with E-state index in [2.05, 4.69) is 22.5 Å². The molecule has 0 saturated heterocycles. The number of hydrogen-bond acceptors (Lipinski definition) is 4. The van der Waals surface area contributed by atoms with Gasteiger partial charge in [-0.3, -0.25) is 0 Å². The lowest BCUT2D eigenvalue weighted by Gasteiger charge is -2.15. The molecule has 6 heteroatoms. The highest BCUT2D eigenvalue weighted by Gasteiger charge is 2.07. The summed E-state index contributed by atoms with van der Waals surface area (Å²) >= 11 is 1.62. The first-order chi connectivity index (χ1) is 10.7. The Bertz CT molecular complexity index is 586. The van der Waals surface area contributed by atoms with E-state index in [1.165, 1.54) is 4.88 Å². The van der Waals surface area contributed by atoms with Crippen molar-refractivity contribution in [3.8, 4) is 5.75 Å². The van der Waals surface area contributed by atoms with Crippen LogP contribution in [-0.4, -0.2) is 23.7 Å². The third-order valence-corrected chi connectivity index (χ3v) is 4.12. The number of nitrogens with zero attached hydrogens (tertiary/aromatic N) is 1. The molecule has 0 aliphatic rings. The minimum atomic E-state index is -0.211. The summed E-state index contributed by atoms with van der Waals surface area (Å²) in [6, 6.07) is 9.35. The number of ether oxygens (including phenoxy) is 1. The number of benzene rings is 1. The molecule has 5 nitrogen and oxygen atoms in total. The van der Waals surface area contributed by atoms with Gasteiger partial charge in [-0.15, -0.1) is 11.3 Å². The second kappa shape index (κ2) is 8.38. The highest BCUT2D eigenvalue weighted by atomic mass is 32.1. The zero-order valence-corrected chi connectivity index (χ0v) is 13.7. The van der Waals surface area contributed by atoms with Crippen LogP contribution in [0.5, 0.6) is 5.75 Å². The van der Waals surface area contributed by atoms with Crippen molar-refractivity contribution in [3.05, 3.63) is 46.4 Å². The van der Waals surface area contributed by atoms with Gasteiger partial charge in [0, 0.05) is 11.1 Å². The number of carbonyl (C=O) groups excluding carboxylic acids is 1. The summed E-state index contributed by atoms with van der Waals surface area (Å²) in [5.41, 5.74) is 0. The summed E-state index contributed by atoms with van der Waals surface area (Å²) in [4.78, 5) is 17.2. The summed E-state index contributed by atoms with van der Waals surface area (Å²) in [5.74, 6) is 0.798. The van der Waals surface area contributed by atoms with E-state index in [0.717, 1.165) is 17.2 Å². The van der Waals surface area contributed by atoms with E-state index in [1.54, 1.807) is 11.3 Å². The molecule has 0 fully saturated rings. The number of urea groups is 1. The zero-order valence-electron chi connectivity index (χ0n) is 12.8. The van der Waals surface area contributed by atoms with Crippen molar-refractivity contribution in [2.24, 2.45) is 0 Å². The van der Waals surface area contributed by atoms with Gasteiger partial charge in [0.1, 0.15) is 16.9 Å². The fourth-order valence-corrected chi connectivity index (χ4v) is 2.62. The zero-order chi connectivity index (χ0) is 15.8. The molecule has 118 valence electrons. The first-order valence-electron chi connectivity index (χ1n) is 7.34. The third kappa shape index (κ3) is 5.37. The molecule has 0 saturated carbocycles. The monoisotopic (exact) mass is 319 g/mol. The molecule has 1 unspecified atom stereocenters. The molecule has 1 aromatic carbocycles. The number of amides is 2. The molecule has 22 heavy (non-hydrogen) atoms. The summed E-state index contributed by atoms with van der Waals surface area (Å²) in [6.45, 7) is 4.90. The molecular weight excluding hydrogens is 298 g/mol. The molecule has 2 aromatic rings. The average Bonchev–Trinajstić information content (AvgIpc) is 3.00. The van der Waals surface area contributed by atoms with Gasteiger partial charge in [0.25, 0.3) is 0 Å². The highest BCUT2D eigenvalue weighted by Crippen LogP contribution is 2.13. The largest absolute Gasteiger partial charge is 0.489 e. The number of carbonyl (C=O) groups is 1. The smallest absolute Gasteiger partial charge is 0.315 e. The minimum absolute atomic E-state index is 0.0975. The van der Waals surface area contributed by atoms with Gasteiger partial charge < -0.3 is 15.4 Å². The lowest BCUT2D eigenvalue weighted by molar-refractivity contribution is 0.207. The SMILES string of the molecule is CCc1cnc(CNC(=O)NCC(C)Oc2ccccc2)s1. The molecule has 2 amide bonds. The summed E-state index contributed by atoms with van der Waals surface area (Å²) in [7, 11) is 0. The normalized spacial score (nSPS) is 11.7. The van der Waals surface area contributed by atoms with Crippen LogP contribution in [0.15, 0.2) is 36.5 Å². The summed E-state index contributed by atoms with van der Waals surface area (Å²) in [5, 5.41) is 6.51. The highest BCUT2D eigenvalue weighted by molar-refractivity contribution is 7.11. The lowest BCUT2D eigenvalue weighted by atomic mass is 10.3. The maximum Gasteiger partial charge on any atom is 0.315 e. The van der Waals surface area contributed by atoms with Crippen LogP contribution in [0.4, 0.5) is 4.79 Å². The second-order valence-corrected chi connectivity index (χ2v) is 6.08. The Morgan fingerprint density at radius 3 is 2.77 bits per heavy atom. The maximum atomic E-state index is 11.7. The van der Waals surface area contributed by atoms with Gasteiger partial charge in [-0.25, -0.2) is 9.78 Å². The molecule has 2 N–H and O–H groups in total. The Morgan fingerprint density at radius 1 is 1.32 bits per heavy atom. The van der Waals surface area contributed by atoms with Crippen molar-refractivity contribution < 1.29 is 9.53 Å². The number of para-hydroxylation sites is 1. The molecular formula is C16H21N3O2S. The lowest BCUT2D eigenvalue weighted by Crippen LogP contribution is -2.40. The molecule has 1 aromatic heterocycles. The predicted molar refractivity (Wildman–Crippen MR) is 88.3 cm³/mol. The van der Waals surface area contributed by atoms with Crippen molar-refractivity contribution in [3.63, 3.8) is 0 Å². The van der Waals surface area contributed by atoms with E-state index >= 15 is 0 Å². The second-order valence-electron chi connectivity index (χ2n) is 4.88. The third-order valence-electron chi connectivity index (χ3n) is 2.98. The van der Waals surface area contributed by atoms with E-state index in [-0.39, 0.29) is 12.1 Å². The van der Waals surface area contributed by atoms with Gasteiger partial charge in [-0.2, -0.15) is 0 Å². The molecule has 1 atom stereocenters. The van der Waals surface area contributed by atoms with Crippen molar-refractivity contribution in [1.29, 1.82) is 0 Å². The van der Waals surface area contributed by atoms with E-state index in [1.807, 2.05) is 43.5 Å². The van der Waals surface area contributed by atoms with E-state index < -0.39 is 0 Å². The molecule has 1 heterocycles. The first-order valence-corrected chi connectivity index (χ1v) is 8.16. The van der Waals surface area contributed by atoms with Crippen molar-refractivity contribution in [2.45, 2.75) is 32.9 Å². The molecule has 0 bridgehead atoms. The standard InChI is InChI=1S/C16H21N3O2S/c1-3-14-10-17-15(22-14)11-19-16(20)18-9-12(2)21-13-7-5-4-6-8-13/h4-8,10,12H,3,9,11H2,1-2H3,(H2,18,19,20). The van der Waals surface area contributed by atoms with Crippen molar-refractivity contribution >= 4 is 17.4 Å². The Labute approximate surface area is 134 Å². The Kier molecular flexibility index (Phi) is 6.21. The van der Waals surface area contributed by atoms with Crippen LogP contribution < -0.4 is 15.4 Å². The van der Waals surface area contributed by atoms with Gasteiger partial charge in [0.05, 0.1) is 13.1 Å². The van der Waals surface area contributed by atoms with Crippen LogP contribution in [-0.2, 0) is 13.0 Å². The molecule has 0 aliphatic heterocycles. The number of rotatable bonds is 7. The van der Waals surface area contributed by atoms with Crippen molar-refractivity contribution in [2.75, 3.05) is 6.54 Å². The number of nitrogens with one attached hydrogen (secondary N) is 2.